The maximum Gasteiger partial charge on any atom is 0.276 e. The Hall–Kier alpha value is -3.24. The smallest absolute Gasteiger partial charge is 0.276 e. The second-order valence-corrected chi connectivity index (χ2v) is 9.07. The molecule has 0 spiro atoms. The van der Waals surface area contributed by atoms with Gasteiger partial charge in [-0.15, -0.1) is 0 Å². The Morgan fingerprint density at radius 3 is 2.52 bits per heavy atom. The molecule has 0 unspecified atom stereocenters. The maximum absolute atomic E-state index is 12.5. The molecule has 0 aliphatic rings. The number of rotatable bonds is 10. The monoisotopic (exact) mass is 446 g/mol. The van der Waals surface area contributed by atoms with Crippen LogP contribution in [0.5, 0.6) is 0 Å². The van der Waals surface area contributed by atoms with E-state index in [1.165, 1.54) is 50.5 Å². The van der Waals surface area contributed by atoms with Crippen molar-refractivity contribution in [1.82, 2.24) is 4.31 Å². The van der Waals surface area contributed by atoms with Gasteiger partial charge in [0.1, 0.15) is 0 Å². The van der Waals surface area contributed by atoms with Gasteiger partial charge in [-0.3, -0.25) is 14.9 Å². The number of sulfonamides is 1. The zero-order valence-electron chi connectivity index (χ0n) is 17.7. The van der Waals surface area contributed by atoms with E-state index in [1.807, 2.05) is 6.92 Å². The van der Waals surface area contributed by atoms with Crippen LogP contribution in [-0.2, 0) is 14.8 Å². The molecule has 0 saturated carbocycles. The van der Waals surface area contributed by atoms with Gasteiger partial charge in [-0.25, -0.2) is 12.7 Å². The van der Waals surface area contributed by atoms with Gasteiger partial charge in [0.2, 0.25) is 15.9 Å². The number of nitrogens with one attached hydrogen (secondary N) is 2. The molecule has 166 valence electrons. The fourth-order valence-electron chi connectivity index (χ4n) is 2.69. The predicted octanol–water partition coefficient (Wildman–Crippen LogP) is 3.71. The number of nitro benzene ring substituents is 1. The lowest BCUT2D eigenvalue weighted by atomic mass is 10.1. The predicted molar refractivity (Wildman–Crippen MR) is 121 cm³/mol. The number of hydrogen-bond donors (Lipinski definition) is 2. The van der Waals surface area contributed by atoms with Gasteiger partial charge in [0.15, 0.2) is 0 Å². The molecular weight excluding hydrogens is 420 g/mol. The Kier molecular flexibility index (Phi) is 8.29. The van der Waals surface area contributed by atoms with Crippen LogP contribution in [0.1, 0.15) is 25.3 Å². The lowest BCUT2D eigenvalue weighted by Crippen LogP contribution is -2.22. The molecule has 31 heavy (non-hydrogen) atoms. The van der Waals surface area contributed by atoms with Gasteiger partial charge in [-0.2, -0.15) is 0 Å². The minimum Gasteiger partial charge on any atom is -0.383 e. The van der Waals surface area contributed by atoms with Crippen molar-refractivity contribution in [1.29, 1.82) is 0 Å². The highest BCUT2D eigenvalue weighted by atomic mass is 32.2. The summed E-state index contributed by atoms with van der Waals surface area (Å²) in [6, 6.07) is 10.5. The highest BCUT2D eigenvalue weighted by molar-refractivity contribution is 7.89. The van der Waals surface area contributed by atoms with Crippen molar-refractivity contribution in [2.24, 2.45) is 0 Å². The summed E-state index contributed by atoms with van der Waals surface area (Å²) in [5.74, 6) is -0.545. The number of para-hydroxylation sites is 1. The first-order valence-electron chi connectivity index (χ1n) is 9.69. The van der Waals surface area contributed by atoms with Crippen molar-refractivity contribution in [3.63, 3.8) is 0 Å². The number of anilines is 2. The van der Waals surface area contributed by atoms with Crippen molar-refractivity contribution in [3.8, 4) is 0 Å². The first kappa shape index (κ1) is 24.0. The van der Waals surface area contributed by atoms with Crippen molar-refractivity contribution in [2.75, 3.05) is 31.3 Å². The molecule has 2 aromatic carbocycles. The highest BCUT2D eigenvalue weighted by Crippen LogP contribution is 2.27. The van der Waals surface area contributed by atoms with E-state index >= 15 is 0 Å². The van der Waals surface area contributed by atoms with Crippen molar-refractivity contribution in [2.45, 2.75) is 24.7 Å². The Morgan fingerprint density at radius 2 is 1.87 bits per heavy atom. The van der Waals surface area contributed by atoms with Crippen LogP contribution in [0.2, 0.25) is 0 Å². The van der Waals surface area contributed by atoms with E-state index < -0.39 is 20.9 Å². The molecule has 2 N–H and O–H groups in total. The lowest BCUT2D eigenvalue weighted by molar-refractivity contribution is -0.385. The van der Waals surface area contributed by atoms with Crippen LogP contribution in [0.3, 0.4) is 0 Å². The summed E-state index contributed by atoms with van der Waals surface area (Å²) in [7, 11) is -0.832. The number of carbonyl (C=O) groups is 1. The van der Waals surface area contributed by atoms with Gasteiger partial charge in [-0.1, -0.05) is 25.5 Å². The third kappa shape index (κ3) is 6.37. The summed E-state index contributed by atoms with van der Waals surface area (Å²) in [5, 5.41) is 17.0. The Bertz CT molecular complexity index is 1080. The van der Waals surface area contributed by atoms with E-state index in [0.717, 1.165) is 17.1 Å². The zero-order valence-corrected chi connectivity index (χ0v) is 18.5. The topological polar surface area (TPSA) is 122 Å². The van der Waals surface area contributed by atoms with Crippen LogP contribution < -0.4 is 10.6 Å². The number of nitro groups is 1. The minimum absolute atomic E-state index is 0.0384. The Balaban J connectivity index is 2.32. The van der Waals surface area contributed by atoms with Gasteiger partial charge >= 0.3 is 0 Å². The molecule has 2 aromatic rings. The Morgan fingerprint density at radius 1 is 1.16 bits per heavy atom. The molecule has 2 rings (SSSR count). The first-order chi connectivity index (χ1) is 14.7. The van der Waals surface area contributed by atoms with E-state index in [1.54, 1.807) is 18.2 Å². The molecule has 9 nitrogen and oxygen atoms in total. The van der Waals surface area contributed by atoms with E-state index in [4.69, 9.17) is 0 Å². The summed E-state index contributed by atoms with van der Waals surface area (Å²) < 4.78 is 26.0. The van der Waals surface area contributed by atoms with Crippen LogP contribution in [0.25, 0.3) is 6.08 Å². The van der Waals surface area contributed by atoms with E-state index in [0.29, 0.717) is 17.9 Å². The fraction of sp³-hybridized carbons (Fsp3) is 0.286. The third-order valence-corrected chi connectivity index (χ3v) is 6.23. The summed E-state index contributed by atoms with van der Waals surface area (Å²) in [4.78, 5) is 23.1. The molecule has 10 heteroatoms. The normalized spacial score (nSPS) is 11.6. The van der Waals surface area contributed by atoms with Gasteiger partial charge in [0.25, 0.3) is 5.69 Å². The number of unbranched alkanes of at least 4 members (excludes halogenated alkanes) is 1. The molecular formula is C21H26N4O5S. The largest absolute Gasteiger partial charge is 0.383 e. The molecule has 0 bridgehead atoms. The van der Waals surface area contributed by atoms with Crippen LogP contribution in [0.15, 0.2) is 53.4 Å². The van der Waals surface area contributed by atoms with Crippen LogP contribution in [0.4, 0.5) is 17.1 Å². The molecule has 0 radical (unpaired) electrons. The summed E-state index contributed by atoms with van der Waals surface area (Å²) in [6.45, 7) is 2.70. The van der Waals surface area contributed by atoms with Gasteiger partial charge in [-0.05, 0) is 36.8 Å². The number of benzene rings is 2. The number of nitrogens with zero attached hydrogens (tertiary/aromatic N) is 2. The van der Waals surface area contributed by atoms with Gasteiger partial charge in [0.05, 0.1) is 26.8 Å². The average molecular weight is 447 g/mol. The van der Waals surface area contributed by atoms with Crippen molar-refractivity contribution < 1.29 is 18.1 Å². The molecule has 0 heterocycles. The summed E-state index contributed by atoms with van der Waals surface area (Å²) in [5.41, 5.74) is 1.05. The molecule has 0 aliphatic heterocycles. The lowest BCUT2D eigenvalue weighted by Gasteiger charge is -2.16. The van der Waals surface area contributed by atoms with Crippen LogP contribution in [0, 0.1) is 10.1 Å². The maximum atomic E-state index is 12.5. The molecule has 0 saturated heterocycles. The minimum atomic E-state index is -3.69. The van der Waals surface area contributed by atoms with Crippen LogP contribution >= 0.6 is 0 Å². The van der Waals surface area contributed by atoms with Crippen molar-refractivity contribution in [3.05, 3.63) is 64.2 Å². The zero-order chi connectivity index (χ0) is 23.0. The quantitative estimate of drug-likeness (QED) is 0.248. The molecule has 1 amide bonds. The van der Waals surface area contributed by atoms with Crippen LogP contribution in [-0.4, -0.2) is 44.2 Å². The molecule has 0 aromatic heterocycles. The first-order valence-corrected chi connectivity index (χ1v) is 11.1. The van der Waals surface area contributed by atoms with Crippen molar-refractivity contribution >= 4 is 39.1 Å². The van der Waals surface area contributed by atoms with Gasteiger partial charge in [0, 0.05) is 32.8 Å². The third-order valence-electron chi connectivity index (χ3n) is 4.42. The Labute approximate surface area is 182 Å². The SMILES string of the molecule is CCCCNc1ccc(S(=O)(=O)N(C)C)cc1NC(=O)C=Cc1ccccc1[N+](=O)[O-]. The van der Waals surface area contributed by atoms with Gasteiger partial charge < -0.3 is 10.6 Å². The van der Waals surface area contributed by atoms with E-state index in [9.17, 15) is 23.3 Å². The number of carbonyl (C=O) groups excluding carboxylic acids is 1. The second-order valence-electron chi connectivity index (χ2n) is 6.91. The molecule has 0 atom stereocenters. The second kappa shape index (κ2) is 10.7. The molecule has 0 aliphatic carbocycles. The molecule has 0 fully saturated rings. The standard InChI is InChI=1S/C21H26N4O5S/c1-4-5-14-22-18-12-11-17(31(29,30)24(2)3)15-19(18)23-21(26)13-10-16-8-6-7-9-20(16)25(27)28/h6-13,15,22H,4-5,14H2,1-3H3,(H,23,26). The van der Waals surface area contributed by atoms with E-state index in [2.05, 4.69) is 10.6 Å². The highest BCUT2D eigenvalue weighted by Gasteiger charge is 2.19. The fourth-order valence-corrected chi connectivity index (χ4v) is 3.62. The van der Waals surface area contributed by atoms with E-state index in [-0.39, 0.29) is 16.1 Å². The average Bonchev–Trinajstić information content (AvgIpc) is 2.73. The summed E-state index contributed by atoms with van der Waals surface area (Å²) >= 11 is 0. The number of amides is 1. The number of hydrogen-bond acceptors (Lipinski definition) is 6. The summed E-state index contributed by atoms with van der Waals surface area (Å²) in [6.07, 6.45) is 4.40.